The van der Waals surface area contributed by atoms with Crippen LogP contribution in [0.5, 0.6) is 0 Å². The first kappa shape index (κ1) is 18.7. The van der Waals surface area contributed by atoms with Gasteiger partial charge < -0.3 is 4.57 Å². The van der Waals surface area contributed by atoms with E-state index in [4.69, 9.17) is 11.6 Å². The van der Waals surface area contributed by atoms with Gasteiger partial charge in [0.25, 0.3) is 0 Å². The number of halogens is 4. The average molecular weight is 404 g/mol. The van der Waals surface area contributed by atoms with Gasteiger partial charge in [0.05, 0.1) is 28.0 Å². The van der Waals surface area contributed by atoms with Crippen molar-refractivity contribution >= 4 is 32.7 Å². The number of para-hydroxylation sites is 2. The second-order valence-electron chi connectivity index (χ2n) is 5.54. The van der Waals surface area contributed by atoms with Gasteiger partial charge in [-0.1, -0.05) is 23.7 Å². The molecule has 0 fully saturated rings. The van der Waals surface area contributed by atoms with E-state index in [9.17, 15) is 21.6 Å². The minimum Gasteiger partial charge on any atom is -0.330 e. The first-order valence-corrected chi connectivity index (χ1v) is 9.22. The number of hydrogen-bond acceptors (Lipinski definition) is 3. The number of nitrogens with one attached hydrogen (secondary N) is 1. The van der Waals surface area contributed by atoms with Gasteiger partial charge in [-0.3, -0.25) is 0 Å². The first-order valence-electron chi connectivity index (χ1n) is 7.36. The van der Waals surface area contributed by atoms with E-state index in [0.29, 0.717) is 17.4 Å². The zero-order chi connectivity index (χ0) is 19.1. The number of aryl methyl sites for hydroxylation is 1. The van der Waals surface area contributed by atoms with Crippen molar-refractivity contribution in [2.75, 3.05) is 0 Å². The van der Waals surface area contributed by atoms with E-state index in [1.165, 1.54) is 0 Å². The molecule has 0 saturated carbocycles. The largest absolute Gasteiger partial charge is 0.417 e. The molecule has 26 heavy (non-hydrogen) atoms. The Bertz CT molecular complexity index is 1080. The number of hydrogen-bond donors (Lipinski definition) is 1. The van der Waals surface area contributed by atoms with Crippen molar-refractivity contribution in [3.63, 3.8) is 0 Å². The lowest BCUT2D eigenvalue weighted by Crippen LogP contribution is -2.27. The van der Waals surface area contributed by atoms with E-state index in [0.717, 1.165) is 17.6 Å². The van der Waals surface area contributed by atoms with Crippen LogP contribution in [0.1, 0.15) is 11.4 Å². The van der Waals surface area contributed by atoms with Crippen LogP contribution in [-0.4, -0.2) is 18.0 Å². The van der Waals surface area contributed by atoms with Gasteiger partial charge in [0, 0.05) is 12.1 Å². The van der Waals surface area contributed by atoms with Crippen molar-refractivity contribution in [1.82, 2.24) is 14.3 Å². The third kappa shape index (κ3) is 3.55. The molecule has 1 N–H and O–H groups in total. The highest BCUT2D eigenvalue weighted by Gasteiger charge is 2.37. The lowest BCUT2D eigenvalue weighted by atomic mass is 10.2. The van der Waals surface area contributed by atoms with Crippen molar-refractivity contribution in [3.05, 3.63) is 58.9 Å². The summed E-state index contributed by atoms with van der Waals surface area (Å²) in [5.41, 5.74) is 0.123. The van der Waals surface area contributed by atoms with Crippen LogP contribution in [-0.2, 0) is 29.8 Å². The number of imidazole rings is 1. The standard InChI is InChI=1S/C16H13ClF3N3O2S/c1-23-13-5-3-2-4-12(13)22-15(23)9-21-26(24,25)14-7-6-10(17)8-11(14)16(18,19)20/h2-8,21H,9H2,1H3. The number of aromatic nitrogens is 2. The monoisotopic (exact) mass is 403 g/mol. The van der Waals surface area contributed by atoms with Crippen molar-refractivity contribution in [3.8, 4) is 0 Å². The molecule has 3 rings (SSSR count). The van der Waals surface area contributed by atoms with Crippen molar-refractivity contribution < 1.29 is 21.6 Å². The number of rotatable bonds is 4. The smallest absolute Gasteiger partial charge is 0.330 e. The summed E-state index contributed by atoms with van der Waals surface area (Å²) >= 11 is 5.58. The Morgan fingerprint density at radius 1 is 1.19 bits per heavy atom. The Morgan fingerprint density at radius 2 is 1.88 bits per heavy atom. The first-order chi connectivity index (χ1) is 12.1. The number of benzene rings is 2. The SMILES string of the molecule is Cn1c(CNS(=O)(=O)c2ccc(Cl)cc2C(F)(F)F)nc2ccccc21. The molecule has 1 aromatic heterocycles. The lowest BCUT2D eigenvalue weighted by Gasteiger charge is -2.14. The molecule has 0 bridgehead atoms. The average Bonchev–Trinajstić information content (AvgIpc) is 2.89. The van der Waals surface area contributed by atoms with Crippen LogP contribution in [0.15, 0.2) is 47.4 Å². The van der Waals surface area contributed by atoms with Crippen LogP contribution < -0.4 is 4.72 Å². The van der Waals surface area contributed by atoms with Crippen LogP contribution in [0, 0.1) is 0 Å². The van der Waals surface area contributed by atoms with Gasteiger partial charge in [-0.25, -0.2) is 18.1 Å². The number of sulfonamides is 1. The van der Waals surface area contributed by atoms with E-state index in [1.54, 1.807) is 35.9 Å². The lowest BCUT2D eigenvalue weighted by molar-refractivity contribution is -0.139. The summed E-state index contributed by atoms with van der Waals surface area (Å²) in [5, 5.41) is -0.202. The zero-order valence-electron chi connectivity index (χ0n) is 13.4. The van der Waals surface area contributed by atoms with Gasteiger partial charge in [-0.05, 0) is 30.3 Å². The maximum Gasteiger partial charge on any atom is 0.417 e. The molecular weight excluding hydrogens is 391 g/mol. The normalized spacial score (nSPS) is 12.7. The molecule has 0 aliphatic rings. The number of fused-ring (bicyclic) bond motifs is 1. The van der Waals surface area contributed by atoms with E-state index in [2.05, 4.69) is 9.71 Å². The molecule has 0 unspecified atom stereocenters. The van der Waals surface area contributed by atoms with Crippen LogP contribution in [0.3, 0.4) is 0 Å². The number of nitrogens with zero attached hydrogens (tertiary/aromatic N) is 2. The summed E-state index contributed by atoms with van der Waals surface area (Å²) in [6.45, 7) is -0.257. The predicted octanol–water partition coefficient (Wildman–Crippen LogP) is 3.72. The Balaban J connectivity index is 1.93. The van der Waals surface area contributed by atoms with Gasteiger partial charge in [0.15, 0.2) is 0 Å². The highest BCUT2D eigenvalue weighted by Crippen LogP contribution is 2.35. The molecule has 2 aromatic carbocycles. The summed E-state index contributed by atoms with van der Waals surface area (Å²) in [5.74, 6) is 0.372. The molecule has 0 spiro atoms. The third-order valence-electron chi connectivity index (χ3n) is 3.84. The molecule has 3 aromatic rings. The molecule has 138 valence electrons. The molecular formula is C16H13ClF3N3O2S. The second kappa shape index (κ2) is 6.57. The maximum absolute atomic E-state index is 13.2. The highest BCUT2D eigenvalue weighted by molar-refractivity contribution is 7.89. The quantitative estimate of drug-likeness (QED) is 0.722. The Hall–Kier alpha value is -2.10. The number of alkyl halides is 3. The van der Waals surface area contributed by atoms with Crippen LogP contribution in [0.25, 0.3) is 11.0 Å². The highest BCUT2D eigenvalue weighted by atomic mass is 35.5. The molecule has 0 saturated heterocycles. The van der Waals surface area contributed by atoms with Gasteiger partial charge in [-0.2, -0.15) is 13.2 Å². The van der Waals surface area contributed by atoms with Gasteiger partial charge in [0.1, 0.15) is 5.82 Å². The molecule has 0 atom stereocenters. The molecule has 0 aliphatic heterocycles. The predicted molar refractivity (Wildman–Crippen MR) is 91.2 cm³/mol. The maximum atomic E-state index is 13.2. The van der Waals surface area contributed by atoms with Crippen LogP contribution >= 0.6 is 11.6 Å². The molecule has 5 nitrogen and oxygen atoms in total. The van der Waals surface area contributed by atoms with Crippen molar-refractivity contribution in [2.24, 2.45) is 7.05 Å². The van der Waals surface area contributed by atoms with E-state index >= 15 is 0 Å². The summed E-state index contributed by atoms with van der Waals surface area (Å²) in [7, 11) is -2.73. The van der Waals surface area contributed by atoms with Gasteiger partial charge >= 0.3 is 6.18 Å². The molecule has 0 radical (unpaired) electrons. The van der Waals surface area contributed by atoms with Gasteiger partial charge in [0.2, 0.25) is 10.0 Å². The Labute approximate surface area is 152 Å². The summed E-state index contributed by atoms with van der Waals surface area (Å²) in [6, 6.07) is 9.68. The van der Waals surface area contributed by atoms with Crippen LogP contribution in [0.4, 0.5) is 13.2 Å². The Kier molecular flexibility index (Phi) is 4.72. The minimum absolute atomic E-state index is 0.202. The third-order valence-corrected chi connectivity index (χ3v) is 5.53. The summed E-state index contributed by atoms with van der Waals surface area (Å²) in [4.78, 5) is 3.41. The fourth-order valence-electron chi connectivity index (χ4n) is 2.55. The van der Waals surface area contributed by atoms with Crippen molar-refractivity contribution in [2.45, 2.75) is 17.6 Å². The van der Waals surface area contributed by atoms with Gasteiger partial charge in [-0.15, -0.1) is 0 Å². The second-order valence-corrected chi connectivity index (χ2v) is 7.71. The van der Waals surface area contributed by atoms with E-state index in [-0.39, 0.29) is 11.6 Å². The fourth-order valence-corrected chi connectivity index (χ4v) is 3.91. The molecule has 1 heterocycles. The fraction of sp³-hybridized carbons (Fsp3) is 0.188. The zero-order valence-corrected chi connectivity index (χ0v) is 15.0. The summed E-state index contributed by atoms with van der Waals surface area (Å²) in [6.07, 6.45) is -4.85. The van der Waals surface area contributed by atoms with Crippen molar-refractivity contribution in [1.29, 1.82) is 0 Å². The molecule has 0 aliphatic carbocycles. The minimum atomic E-state index is -4.85. The summed E-state index contributed by atoms with van der Waals surface area (Å²) < 4.78 is 68.2. The van der Waals surface area contributed by atoms with E-state index < -0.39 is 26.7 Å². The molecule has 0 amide bonds. The Morgan fingerprint density at radius 3 is 2.54 bits per heavy atom. The molecule has 10 heteroatoms. The van der Waals surface area contributed by atoms with Crippen LogP contribution in [0.2, 0.25) is 5.02 Å². The van der Waals surface area contributed by atoms with E-state index in [1.807, 2.05) is 0 Å². The topological polar surface area (TPSA) is 64.0 Å².